The van der Waals surface area contributed by atoms with Crippen molar-refractivity contribution in [1.82, 2.24) is 0 Å². The van der Waals surface area contributed by atoms with E-state index in [0.717, 1.165) is 0 Å². The summed E-state index contributed by atoms with van der Waals surface area (Å²) in [6, 6.07) is 0. The van der Waals surface area contributed by atoms with Gasteiger partial charge in [0.1, 0.15) is 0 Å². The number of hydrogen-bond acceptors (Lipinski definition) is 7. The maximum atomic E-state index is 12.6. The monoisotopic (exact) mass is 438 g/mol. The lowest BCUT2D eigenvalue weighted by Gasteiger charge is -2.35. The summed E-state index contributed by atoms with van der Waals surface area (Å²) in [5.41, 5.74) is -1.29. The average molecular weight is 439 g/mol. The van der Waals surface area contributed by atoms with Crippen LogP contribution in [0.3, 0.4) is 0 Å². The molecule has 9 heteroatoms. The Morgan fingerprint density at radius 3 is 1.79 bits per heavy atom. The molecule has 0 aliphatic heterocycles. The van der Waals surface area contributed by atoms with E-state index in [1.807, 2.05) is 27.7 Å². The van der Waals surface area contributed by atoms with E-state index < -0.39 is 43.4 Å². The van der Waals surface area contributed by atoms with Crippen LogP contribution in [0, 0.1) is 10.8 Å². The lowest BCUT2D eigenvalue weighted by molar-refractivity contribution is -0.242. The molecule has 0 rings (SSSR count). The molecule has 29 heavy (non-hydrogen) atoms. The van der Waals surface area contributed by atoms with Crippen LogP contribution in [0.15, 0.2) is 0 Å². The second kappa shape index (κ2) is 9.75. The van der Waals surface area contributed by atoms with Crippen LogP contribution >= 0.6 is 0 Å². The molecule has 172 valence electrons. The van der Waals surface area contributed by atoms with Gasteiger partial charge in [-0.05, 0) is 51.9 Å². The molecular weight excluding hydrogens is 400 g/mol. The van der Waals surface area contributed by atoms with Crippen molar-refractivity contribution in [2.75, 3.05) is 13.7 Å². The van der Waals surface area contributed by atoms with Crippen molar-refractivity contribution in [2.45, 2.75) is 91.6 Å². The zero-order valence-corrected chi connectivity index (χ0v) is 20.1. The number of carbonyl (C=O) groups excluding carboxylic acids is 2. The molecule has 1 N–H and O–H groups in total. The Hall–Kier alpha value is -1.19. The van der Waals surface area contributed by atoms with Gasteiger partial charge >= 0.3 is 17.7 Å². The molecule has 0 bridgehead atoms. The van der Waals surface area contributed by atoms with E-state index in [4.69, 9.17) is 14.2 Å². The van der Waals surface area contributed by atoms with E-state index in [2.05, 4.69) is 0 Å². The number of esters is 2. The van der Waals surface area contributed by atoms with Gasteiger partial charge in [-0.15, -0.1) is 0 Å². The molecule has 0 aromatic carbocycles. The molecule has 0 radical (unpaired) electrons. The minimum absolute atomic E-state index is 0.0163. The van der Waals surface area contributed by atoms with Crippen molar-refractivity contribution in [3.8, 4) is 0 Å². The standard InChI is InChI=1S/C20H38O8S/c1-10-19(7,11-2)15(21)28-20(8,16(22)26-9)27-13-12-17(3,4)14-18(5,6)29(23,24)25/h10-14H2,1-9H3,(H,23,24,25). The lowest BCUT2D eigenvalue weighted by Crippen LogP contribution is -2.47. The van der Waals surface area contributed by atoms with Crippen molar-refractivity contribution in [3.63, 3.8) is 0 Å². The summed E-state index contributed by atoms with van der Waals surface area (Å²) in [5, 5.41) is 0. The third-order valence-corrected chi connectivity index (χ3v) is 7.20. The summed E-state index contributed by atoms with van der Waals surface area (Å²) in [7, 11) is -3.05. The van der Waals surface area contributed by atoms with Crippen LogP contribution in [0.1, 0.15) is 81.1 Å². The second-order valence-electron chi connectivity index (χ2n) is 9.27. The molecule has 0 aromatic heterocycles. The Labute approximate surface area is 175 Å². The van der Waals surface area contributed by atoms with Gasteiger partial charge in [-0.2, -0.15) is 8.42 Å². The molecule has 0 aliphatic carbocycles. The first-order chi connectivity index (χ1) is 12.9. The third kappa shape index (κ3) is 7.53. The van der Waals surface area contributed by atoms with E-state index in [1.54, 1.807) is 6.92 Å². The van der Waals surface area contributed by atoms with Gasteiger partial charge in [-0.1, -0.05) is 27.7 Å². The van der Waals surface area contributed by atoms with Crippen LogP contribution in [0.25, 0.3) is 0 Å². The van der Waals surface area contributed by atoms with Crippen LogP contribution in [0.5, 0.6) is 0 Å². The minimum atomic E-state index is -4.23. The highest BCUT2D eigenvalue weighted by atomic mass is 32.2. The topological polar surface area (TPSA) is 116 Å². The fourth-order valence-corrected chi connectivity index (χ4v) is 3.58. The van der Waals surface area contributed by atoms with Gasteiger partial charge < -0.3 is 14.2 Å². The first-order valence-corrected chi connectivity index (χ1v) is 11.3. The fraction of sp³-hybridized carbons (Fsp3) is 0.900. The highest BCUT2D eigenvalue weighted by Crippen LogP contribution is 2.36. The minimum Gasteiger partial charge on any atom is -0.464 e. The first-order valence-electron chi connectivity index (χ1n) is 9.82. The van der Waals surface area contributed by atoms with Crippen LogP contribution in [0.2, 0.25) is 0 Å². The average Bonchev–Trinajstić information content (AvgIpc) is 2.57. The van der Waals surface area contributed by atoms with E-state index in [9.17, 15) is 22.6 Å². The molecule has 0 saturated carbocycles. The zero-order valence-electron chi connectivity index (χ0n) is 19.2. The van der Waals surface area contributed by atoms with Gasteiger partial charge in [-0.25, -0.2) is 4.79 Å². The van der Waals surface area contributed by atoms with Crippen LogP contribution < -0.4 is 0 Å². The highest BCUT2D eigenvalue weighted by molar-refractivity contribution is 7.87. The molecule has 0 saturated heterocycles. The van der Waals surface area contributed by atoms with Crippen molar-refractivity contribution >= 4 is 22.1 Å². The van der Waals surface area contributed by atoms with E-state index in [-0.39, 0.29) is 13.0 Å². The van der Waals surface area contributed by atoms with Gasteiger partial charge in [0.05, 0.1) is 23.9 Å². The number of hydrogen-bond donors (Lipinski definition) is 1. The summed E-state index contributed by atoms with van der Waals surface area (Å²) < 4.78 is 47.0. The molecule has 0 aliphatic rings. The molecule has 0 spiro atoms. The lowest BCUT2D eigenvalue weighted by atomic mass is 9.81. The number of rotatable bonds is 12. The Bertz CT molecular complexity index is 677. The maximum absolute atomic E-state index is 12.6. The van der Waals surface area contributed by atoms with E-state index in [0.29, 0.717) is 19.3 Å². The van der Waals surface area contributed by atoms with Gasteiger partial charge in [0, 0.05) is 6.92 Å². The molecule has 0 heterocycles. The smallest absolute Gasteiger partial charge is 0.379 e. The number of ether oxygens (including phenoxy) is 3. The predicted octanol–water partition coefficient (Wildman–Crippen LogP) is 3.73. The maximum Gasteiger partial charge on any atom is 0.379 e. The predicted molar refractivity (Wildman–Crippen MR) is 110 cm³/mol. The molecular formula is C20H38O8S. The van der Waals surface area contributed by atoms with Gasteiger partial charge in [0.2, 0.25) is 0 Å². The molecule has 0 amide bonds. The van der Waals surface area contributed by atoms with E-state index in [1.165, 1.54) is 27.9 Å². The normalized spacial score (nSPS) is 15.5. The SMILES string of the molecule is CCC(C)(CC)C(=O)OC(C)(OCCC(C)(C)CC(C)(C)S(=O)(=O)O)C(=O)OC. The number of methoxy groups -OCH3 is 1. The largest absolute Gasteiger partial charge is 0.464 e. The molecule has 8 nitrogen and oxygen atoms in total. The summed E-state index contributed by atoms with van der Waals surface area (Å²) in [6.45, 7) is 13.4. The third-order valence-electron chi connectivity index (χ3n) is 5.66. The molecule has 1 unspecified atom stereocenters. The second-order valence-corrected chi connectivity index (χ2v) is 11.3. The number of carbonyl (C=O) groups is 2. The first kappa shape index (κ1) is 27.8. The summed E-state index contributed by atoms with van der Waals surface area (Å²) in [5.74, 6) is -3.30. The van der Waals surface area contributed by atoms with Crippen LogP contribution in [-0.4, -0.2) is 49.2 Å². The Morgan fingerprint density at radius 1 is 0.931 bits per heavy atom. The van der Waals surface area contributed by atoms with Crippen molar-refractivity contribution < 1.29 is 36.8 Å². The van der Waals surface area contributed by atoms with Gasteiger partial charge in [0.25, 0.3) is 10.1 Å². The Morgan fingerprint density at radius 2 is 1.41 bits per heavy atom. The van der Waals surface area contributed by atoms with Crippen molar-refractivity contribution in [1.29, 1.82) is 0 Å². The quantitative estimate of drug-likeness (QED) is 0.278. The van der Waals surface area contributed by atoms with Crippen molar-refractivity contribution in [3.05, 3.63) is 0 Å². The van der Waals surface area contributed by atoms with E-state index >= 15 is 0 Å². The Kier molecular flexibility index (Phi) is 9.35. The summed E-state index contributed by atoms with van der Waals surface area (Å²) >= 11 is 0. The Balaban J connectivity index is 5.29. The van der Waals surface area contributed by atoms with Crippen LogP contribution in [0.4, 0.5) is 0 Å². The molecule has 1 atom stereocenters. The summed E-state index contributed by atoms with van der Waals surface area (Å²) in [4.78, 5) is 24.9. The zero-order chi connectivity index (χ0) is 23.3. The van der Waals surface area contributed by atoms with Gasteiger partial charge in [0.15, 0.2) is 0 Å². The van der Waals surface area contributed by atoms with Gasteiger partial charge in [-0.3, -0.25) is 9.35 Å². The van der Waals surface area contributed by atoms with Crippen molar-refractivity contribution in [2.24, 2.45) is 10.8 Å². The molecule has 0 aromatic rings. The highest BCUT2D eigenvalue weighted by Gasteiger charge is 2.45. The molecule has 0 fully saturated rings. The van der Waals surface area contributed by atoms with Crippen LogP contribution in [-0.2, 0) is 33.9 Å². The summed E-state index contributed by atoms with van der Waals surface area (Å²) in [6.07, 6.45) is 1.60. The fourth-order valence-electron chi connectivity index (χ4n) is 3.01.